The van der Waals surface area contributed by atoms with Crippen molar-refractivity contribution in [1.82, 2.24) is 5.32 Å². The van der Waals surface area contributed by atoms with Gasteiger partial charge in [-0.05, 0) is 39.3 Å². The highest BCUT2D eigenvalue weighted by molar-refractivity contribution is 5.67. The first-order chi connectivity index (χ1) is 8.31. The van der Waals surface area contributed by atoms with E-state index in [2.05, 4.69) is 11.4 Å². The van der Waals surface area contributed by atoms with Gasteiger partial charge in [0.25, 0.3) is 0 Å². The van der Waals surface area contributed by atoms with Gasteiger partial charge in [-0.25, -0.2) is 4.79 Å². The van der Waals surface area contributed by atoms with E-state index in [0.717, 1.165) is 11.1 Å². The SMILES string of the molecule is Cc1ccc(C#N)c(CNC(=O)OC(C)(C)C)c1. The van der Waals surface area contributed by atoms with Crippen LogP contribution in [0, 0.1) is 18.3 Å². The number of ether oxygens (including phenoxy) is 1. The van der Waals surface area contributed by atoms with Crippen LogP contribution in [0.15, 0.2) is 18.2 Å². The fourth-order valence-electron chi connectivity index (χ4n) is 1.46. The van der Waals surface area contributed by atoms with E-state index in [1.54, 1.807) is 26.8 Å². The second kappa shape index (κ2) is 5.54. The van der Waals surface area contributed by atoms with Crippen LogP contribution in [0.5, 0.6) is 0 Å². The first-order valence-corrected chi connectivity index (χ1v) is 5.78. The lowest BCUT2D eigenvalue weighted by molar-refractivity contribution is 0.0523. The zero-order valence-corrected chi connectivity index (χ0v) is 11.2. The van der Waals surface area contributed by atoms with Gasteiger partial charge in [0.1, 0.15) is 5.60 Å². The molecule has 1 aromatic carbocycles. The predicted molar refractivity (Wildman–Crippen MR) is 69.0 cm³/mol. The lowest BCUT2D eigenvalue weighted by Crippen LogP contribution is -2.32. The number of nitriles is 1. The van der Waals surface area contributed by atoms with Gasteiger partial charge >= 0.3 is 6.09 Å². The van der Waals surface area contributed by atoms with E-state index in [9.17, 15) is 4.79 Å². The van der Waals surface area contributed by atoms with Crippen molar-refractivity contribution < 1.29 is 9.53 Å². The number of carbonyl (C=O) groups is 1. The van der Waals surface area contributed by atoms with Crippen LogP contribution < -0.4 is 5.32 Å². The minimum absolute atomic E-state index is 0.291. The van der Waals surface area contributed by atoms with Gasteiger partial charge in [-0.2, -0.15) is 5.26 Å². The van der Waals surface area contributed by atoms with Crippen molar-refractivity contribution in [1.29, 1.82) is 5.26 Å². The fourth-order valence-corrected chi connectivity index (χ4v) is 1.46. The molecule has 0 spiro atoms. The number of alkyl carbamates (subject to hydrolysis) is 1. The summed E-state index contributed by atoms with van der Waals surface area (Å²) in [6, 6.07) is 7.61. The summed E-state index contributed by atoms with van der Waals surface area (Å²) < 4.78 is 5.13. The highest BCUT2D eigenvalue weighted by Crippen LogP contribution is 2.11. The van der Waals surface area contributed by atoms with E-state index in [1.807, 2.05) is 19.1 Å². The molecule has 1 amide bonds. The number of amides is 1. The second-order valence-electron chi connectivity index (χ2n) is 5.13. The molecule has 96 valence electrons. The van der Waals surface area contributed by atoms with Crippen LogP contribution in [0.2, 0.25) is 0 Å². The molecule has 0 atom stereocenters. The third-order valence-corrected chi connectivity index (χ3v) is 2.20. The zero-order valence-electron chi connectivity index (χ0n) is 11.2. The summed E-state index contributed by atoms with van der Waals surface area (Å²) in [7, 11) is 0. The molecule has 1 N–H and O–H groups in total. The van der Waals surface area contributed by atoms with Gasteiger partial charge in [0, 0.05) is 6.54 Å². The third kappa shape index (κ3) is 4.46. The molecule has 0 saturated carbocycles. The van der Waals surface area contributed by atoms with Crippen molar-refractivity contribution in [2.75, 3.05) is 0 Å². The molecular formula is C14H18N2O2. The van der Waals surface area contributed by atoms with Crippen molar-refractivity contribution in [2.24, 2.45) is 0 Å². The predicted octanol–water partition coefficient (Wildman–Crippen LogP) is 2.89. The lowest BCUT2D eigenvalue weighted by Gasteiger charge is -2.19. The maximum atomic E-state index is 11.5. The average molecular weight is 246 g/mol. The summed E-state index contributed by atoms with van der Waals surface area (Å²) in [6.45, 7) is 7.65. The van der Waals surface area contributed by atoms with Gasteiger partial charge in [-0.3, -0.25) is 0 Å². The van der Waals surface area contributed by atoms with Crippen LogP contribution in [0.25, 0.3) is 0 Å². The molecule has 0 aliphatic rings. The summed E-state index contributed by atoms with van der Waals surface area (Å²) in [6.07, 6.45) is -0.479. The Kier molecular flexibility index (Phi) is 4.33. The van der Waals surface area contributed by atoms with E-state index < -0.39 is 11.7 Å². The Morgan fingerprint density at radius 1 is 1.44 bits per heavy atom. The van der Waals surface area contributed by atoms with Crippen LogP contribution in [0.3, 0.4) is 0 Å². The highest BCUT2D eigenvalue weighted by atomic mass is 16.6. The minimum Gasteiger partial charge on any atom is -0.444 e. The van der Waals surface area contributed by atoms with Crippen molar-refractivity contribution in [3.8, 4) is 6.07 Å². The van der Waals surface area contributed by atoms with Gasteiger partial charge in [-0.15, -0.1) is 0 Å². The molecule has 0 aliphatic heterocycles. The number of hydrogen-bond donors (Lipinski definition) is 1. The quantitative estimate of drug-likeness (QED) is 0.872. The number of aryl methyl sites for hydroxylation is 1. The third-order valence-electron chi connectivity index (χ3n) is 2.20. The largest absolute Gasteiger partial charge is 0.444 e. The van der Waals surface area contributed by atoms with E-state index in [4.69, 9.17) is 10.00 Å². The second-order valence-corrected chi connectivity index (χ2v) is 5.13. The number of hydrogen-bond acceptors (Lipinski definition) is 3. The standard InChI is InChI=1S/C14H18N2O2/c1-10-5-6-11(8-15)12(7-10)9-16-13(17)18-14(2,3)4/h5-7H,9H2,1-4H3,(H,16,17). The molecule has 0 aromatic heterocycles. The number of carbonyl (C=O) groups excluding carboxylic acids is 1. The molecule has 4 heteroatoms. The molecule has 0 heterocycles. The Morgan fingerprint density at radius 3 is 2.67 bits per heavy atom. The number of nitrogens with one attached hydrogen (secondary N) is 1. The van der Waals surface area contributed by atoms with E-state index >= 15 is 0 Å². The maximum absolute atomic E-state index is 11.5. The summed E-state index contributed by atoms with van der Waals surface area (Å²) in [4.78, 5) is 11.5. The summed E-state index contributed by atoms with van der Waals surface area (Å²) in [5, 5.41) is 11.6. The van der Waals surface area contributed by atoms with Gasteiger partial charge < -0.3 is 10.1 Å². The topological polar surface area (TPSA) is 62.1 Å². The Morgan fingerprint density at radius 2 is 2.11 bits per heavy atom. The molecule has 18 heavy (non-hydrogen) atoms. The molecule has 1 aromatic rings. The van der Waals surface area contributed by atoms with Crippen LogP contribution in [0.4, 0.5) is 4.79 Å². The van der Waals surface area contributed by atoms with E-state index in [-0.39, 0.29) is 0 Å². The molecule has 0 saturated heterocycles. The van der Waals surface area contributed by atoms with Gasteiger partial charge in [0.15, 0.2) is 0 Å². The summed E-state index contributed by atoms with van der Waals surface area (Å²) >= 11 is 0. The fraction of sp³-hybridized carbons (Fsp3) is 0.429. The summed E-state index contributed by atoms with van der Waals surface area (Å²) in [5.74, 6) is 0. The number of benzene rings is 1. The zero-order chi connectivity index (χ0) is 13.8. The first kappa shape index (κ1) is 14.0. The van der Waals surface area contributed by atoms with Crippen molar-refractivity contribution in [3.05, 3.63) is 34.9 Å². The molecule has 0 fully saturated rings. The van der Waals surface area contributed by atoms with Gasteiger partial charge in [-0.1, -0.05) is 17.7 Å². The highest BCUT2D eigenvalue weighted by Gasteiger charge is 2.16. The molecule has 0 aliphatic carbocycles. The average Bonchev–Trinajstić information content (AvgIpc) is 2.24. The van der Waals surface area contributed by atoms with Crippen LogP contribution >= 0.6 is 0 Å². The van der Waals surface area contributed by atoms with E-state index in [0.29, 0.717) is 12.1 Å². The Balaban J connectivity index is 2.67. The summed E-state index contributed by atoms with van der Waals surface area (Å²) in [5.41, 5.74) is 1.89. The maximum Gasteiger partial charge on any atom is 0.407 e. The number of rotatable bonds is 2. The Labute approximate surface area is 108 Å². The van der Waals surface area contributed by atoms with Crippen molar-refractivity contribution in [3.63, 3.8) is 0 Å². The lowest BCUT2D eigenvalue weighted by atomic mass is 10.1. The molecule has 4 nitrogen and oxygen atoms in total. The Hall–Kier alpha value is -2.02. The smallest absolute Gasteiger partial charge is 0.407 e. The van der Waals surface area contributed by atoms with Gasteiger partial charge in [0.2, 0.25) is 0 Å². The monoisotopic (exact) mass is 246 g/mol. The van der Waals surface area contributed by atoms with Crippen molar-refractivity contribution >= 4 is 6.09 Å². The molecule has 0 bridgehead atoms. The normalized spacial score (nSPS) is 10.6. The molecule has 1 rings (SSSR count). The van der Waals surface area contributed by atoms with E-state index in [1.165, 1.54) is 0 Å². The number of nitrogens with zero attached hydrogens (tertiary/aromatic N) is 1. The molecule has 0 radical (unpaired) electrons. The van der Waals surface area contributed by atoms with Crippen LogP contribution in [-0.2, 0) is 11.3 Å². The minimum atomic E-state index is -0.519. The molecular weight excluding hydrogens is 228 g/mol. The Bertz CT molecular complexity index is 482. The van der Waals surface area contributed by atoms with Crippen LogP contribution in [-0.4, -0.2) is 11.7 Å². The van der Waals surface area contributed by atoms with Crippen LogP contribution in [0.1, 0.15) is 37.5 Å². The molecule has 0 unspecified atom stereocenters. The van der Waals surface area contributed by atoms with Crippen molar-refractivity contribution in [2.45, 2.75) is 39.8 Å². The van der Waals surface area contributed by atoms with Gasteiger partial charge in [0.05, 0.1) is 11.6 Å². The first-order valence-electron chi connectivity index (χ1n) is 5.78.